The van der Waals surface area contributed by atoms with E-state index in [-0.39, 0.29) is 11.5 Å². The molecule has 0 atom stereocenters. The minimum Gasteiger partial charge on any atom is -0.495 e. The minimum atomic E-state index is -3.72. The molecule has 4 N–H and O–H groups in total. The van der Waals surface area contributed by atoms with E-state index in [1.165, 1.54) is 25.3 Å². The molecule has 102 valence electrons. The van der Waals surface area contributed by atoms with E-state index in [2.05, 4.69) is 4.72 Å². The smallest absolute Gasteiger partial charge is 0.241 e. The van der Waals surface area contributed by atoms with E-state index in [9.17, 15) is 8.42 Å². The Morgan fingerprint density at radius 2 is 2.06 bits per heavy atom. The Morgan fingerprint density at radius 1 is 1.44 bits per heavy atom. The molecule has 0 aromatic heterocycles. The maximum atomic E-state index is 12.1. The molecule has 0 aliphatic rings. The number of nitrogen functional groups attached to an aromatic ring is 1. The number of hydrogen-bond acceptors (Lipinski definition) is 5. The fraction of sp³-hybridized carbons (Fsp3) is 0.455. The molecule has 0 saturated heterocycles. The van der Waals surface area contributed by atoms with Crippen LogP contribution in [0.5, 0.6) is 5.75 Å². The van der Waals surface area contributed by atoms with Crippen LogP contribution in [0.2, 0.25) is 0 Å². The van der Waals surface area contributed by atoms with Crippen LogP contribution in [0.4, 0.5) is 5.69 Å². The number of rotatable bonds is 5. The first kappa shape index (κ1) is 14.7. The predicted molar refractivity (Wildman–Crippen MR) is 68.9 cm³/mol. The van der Waals surface area contributed by atoms with Crippen LogP contribution in [0.1, 0.15) is 13.8 Å². The van der Waals surface area contributed by atoms with Gasteiger partial charge in [-0.1, -0.05) is 0 Å². The molecule has 1 aromatic rings. The third-order valence-electron chi connectivity index (χ3n) is 2.32. The zero-order chi connectivity index (χ0) is 14.0. The highest BCUT2D eigenvalue weighted by Gasteiger charge is 2.26. The number of sulfonamides is 1. The Labute approximate surface area is 107 Å². The first-order valence-corrected chi connectivity index (χ1v) is 6.78. The van der Waals surface area contributed by atoms with Crippen LogP contribution in [0.25, 0.3) is 0 Å². The molecular weight excluding hydrogens is 256 g/mol. The number of nitrogens with two attached hydrogens (primary N) is 1. The number of nitrogens with one attached hydrogen (secondary N) is 1. The molecule has 1 aromatic carbocycles. The fourth-order valence-electron chi connectivity index (χ4n) is 1.31. The number of methoxy groups -OCH3 is 1. The molecule has 6 nitrogen and oxygen atoms in total. The van der Waals surface area contributed by atoms with Gasteiger partial charge < -0.3 is 15.6 Å². The van der Waals surface area contributed by atoms with Gasteiger partial charge in [0.05, 0.1) is 29.8 Å². The average Bonchev–Trinajstić information content (AvgIpc) is 2.28. The molecule has 0 heterocycles. The van der Waals surface area contributed by atoms with Gasteiger partial charge in [-0.2, -0.15) is 0 Å². The largest absolute Gasteiger partial charge is 0.495 e. The van der Waals surface area contributed by atoms with E-state index in [0.29, 0.717) is 11.4 Å². The lowest BCUT2D eigenvalue weighted by Crippen LogP contribution is -2.46. The van der Waals surface area contributed by atoms with Crippen LogP contribution < -0.4 is 15.2 Å². The molecule has 0 aliphatic carbocycles. The summed E-state index contributed by atoms with van der Waals surface area (Å²) in [6, 6.07) is 4.18. The third-order valence-corrected chi connectivity index (χ3v) is 4.02. The summed E-state index contributed by atoms with van der Waals surface area (Å²) in [7, 11) is -2.32. The molecule has 0 bridgehead atoms. The average molecular weight is 274 g/mol. The summed E-state index contributed by atoms with van der Waals surface area (Å²) in [6.07, 6.45) is 0. The third kappa shape index (κ3) is 3.34. The maximum absolute atomic E-state index is 12.1. The zero-order valence-corrected chi connectivity index (χ0v) is 11.4. The van der Waals surface area contributed by atoms with Crippen molar-refractivity contribution in [2.75, 3.05) is 19.5 Å². The molecule has 0 radical (unpaired) electrons. The fourth-order valence-corrected chi connectivity index (χ4v) is 2.73. The van der Waals surface area contributed by atoms with Gasteiger partial charge in [0.15, 0.2) is 0 Å². The second-order valence-corrected chi connectivity index (χ2v) is 6.23. The van der Waals surface area contributed by atoms with E-state index in [1.807, 2.05) is 0 Å². The van der Waals surface area contributed by atoms with E-state index < -0.39 is 15.6 Å². The normalized spacial score (nSPS) is 12.4. The van der Waals surface area contributed by atoms with Crippen molar-refractivity contribution in [1.82, 2.24) is 4.72 Å². The second kappa shape index (κ2) is 5.13. The number of aliphatic hydroxyl groups is 1. The number of hydrogen-bond donors (Lipinski definition) is 3. The topological polar surface area (TPSA) is 102 Å². The van der Waals surface area contributed by atoms with Crippen LogP contribution in [0, 0.1) is 0 Å². The Kier molecular flexibility index (Phi) is 4.20. The molecule has 0 unspecified atom stereocenters. The molecular formula is C11H18N2O4S. The maximum Gasteiger partial charge on any atom is 0.241 e. The van der Waals surface area contributed by atoms with Gasteiger partial charge in [-0.3, -0.25) is 0 Å². The number of ether oxygens (including phenoxy) is 1. The zero-order valence-electron chi connectivity index (χ0n) is 10.6. The molecule has 0 aliphatic heterocycles. The minimum absolute atomic E-state index is 0.0371. The highest BCUT2D eigenvalue weighted by molar-refractivity contribution is 7.89. The van der Waals surface area contributed by atoms with Gasteiger partial charge in [0.1, 0.15) is 5.75 Å². The van der Waals surface area contributed by atoms with Crippen LogP contribution >= 0.6 is 0 Å². The Hall–Kier alpha value is -1.31. The second-order valence-electron chi connectivity index (χ2n) is 4.55. The van der Waals surface area contributed by atoms with Crippen LogP contribution in [0.15, 0.2) is 23.1 Å². The summed E-state index contributed by atoms with van der Waals surface area (Å²) in [4.78, 5) is 0.0371. The standard InChI is InChI=1S/C11H18N2O4S/c1-11(2,7-14)13-18(15,16)8-4-5-9(12)10(6-8)17-3/h4-6,13-14H,7,12H2,1-3H3. The van der Waals surface area contributed by atoms with Crippen LogP contribution in [-0.4, -0.2) is 32.8 Å². The van der Waals surface area contributed by atoms with Crippen molar-refractivity contribution < 1.29 is 18.3 Å². The number of benzene rings is 1. The van der Waals surface area contributed by atoms with Gasteiger partial charge >= 0.3 is 0 Å². The summed E-state index contributed by atoms with van der Waals surface area (Å²) in [6.45, 7) is 2.86. The quantitative estimate of drug-likeness (QED) is 0.671. The highest BCUT2D eigenvalue weighted by Crippen LogP contribution is 2.25. The van der Waals surface area contributed by atoms with E-state index in [4.69, 9.17) is 15.6 Å². The van der Waals surface area contributed by atoms with Crippen molar-refractivity contribution in [3.8, 4) is 5.75 Å². The Morgan fingerprint density at radius 3 is 2.56 bits per heavy atom. The monoisotopic (exact) mass is 274 g/mol. The summed E-state index contributed by atoms with van der Waals surface area (Å²) in [5, 5.41) is 9.08. The molecule has 0 saturated carbocycles. The van der Waals surface area contributed by atoms with E-state index in [1.54, 1.807) is 13.8 Å². The summed E-state index contributed by atoms with van der Waals surface area (Å²) >= 11 is 0. The summed E-state index contributed by atoms with van der Waals surface area (Å²) < 4.78 is 31.5. The van der Waals surface area contributed by atoms with E-state index in [0.717, 1.165) is 0 Å². The van der Waals surface area contributed by atoms with Crippen molar-refractivity contribution in [2.24, 2.45) is 0 Å². The van der Waals surface area contributed by atoms with Crippen molar-refractivity contribution in [2.45, 2.75) is 24.3 Å². The van der Waals surface area contributed by atoms with Crippen LogP contribution in [-0.2, 0) is 10.0 Å². The highest BCUT2D eigenvalue weighted by atomic mass is 32.2. The van der Waals surface area contributed by atoms with Gasteiger partial charge in [-0.05, 0) is 26.0 Å². The van der Waals surface area contributed by atoms with Crippen LogP contribution in [0.3, 0.4) is 0 Å². The van der Waals surface area contributed by atoms with Gasteiger partial charge in [0.25, 0.3) is 0 Å². The van der Waals surface area contributed by atoms with E-state index >= 15 is 0 Å². The summed E-state index contributed by atoms with van der Waals surface area (Å²) in [5.74, 6) is 0.291. The number of anilines is 1. The number of aliphatic hydroxyl groups excluding tert-OH is 1. The lowest BCUT2D eigenvalue weighted by Gasteiger charge is -2.23. The molecule has 0 fully saturated rings. The van der Waals surface area contributed by atoms with Crippen molar-refractivity contribution in [3.05, 3.63) is 18.2 Å². The van der Waals surface area contributed by atoms with Crippen molar-refractivity contribution >= 4 is 15.7 Å². The first-order valence-electron chi connectivity index (χ1n) is 5.30. The first-order chi connectivity index (χ1) is 8.22. The lowest BCUT2D eigenvalue weighted by atomic mass is 10.1. The molecule has 0 amide bonds. The predicted octanol–water partition coefficient (Wildman–Crippen LogP) is 0.327. The molecule has 1 rings (SSSR count). The Balaban J connectivity index is 3.13. The van der Waals surface area contributed by atoms with Gasteiger partial charge in [0, 0.05) is 6.07 Å². The lowest BCUT2D eigenvalue weighted by molar-refractivity contribution is 0.208. The summed E-state index contributed by atoms with van der Waals surface area (Å²) in [5.41, 5.74) is 5.04. The van der Waals surface area contributed by atoms with Crippen molar-refractivity contribution in [3.63, 3.8) is 0 Å². The van der Waals surface area contributed by atoms with Gasteiger partial charge in [-0.15, -0.1) is 0 Å². The van der Waals surface area contributed by atoms with Crippen molar-refractivity contribution in [1.29, 1.82) is 0 Å². The van der Waals surface area contributed by atoms with Gasteiger partial charge in [-0.25, -0.2) is 13.1 Å². The molecule has 7 heteroatoms. The molecule has 0 spiro atoms. The SMILES string of the molecule is COc1cc(S(=O)(=O)NC(C)(C)CO)ccc1N. The van der Waals surface area contributed by atoms with Gasteiger partial charge in [0.2, 0.25) is 10.0 Å². The molecule has 18 heavy (non-hydrogen) atoms. The Bertz CT molecular complexity index is 526.